The highest BCUT2D eigenvalue weighted by molar-refractivity contribution is 7.98. The number of thiocarbonyl (C=S) groups is 1. The third-order valence-corrected chi connectivity index (χ3v) is 4.67. The summed E-state index contributed by atoms with van der Waals surface area (Å²) in [4.78, 5) is 6.12. The molecule has 6 nitrogen and oxygen atoms in total. The third kappa shape index (κ3) is 8.42. The van der Waals surface area contributed by atoms with Gasteiger partial charge in [0, 0.05) is 37.8 Å². The molecule has 0 saturated carbocycles. The fraction of sp³-hybridized carbons (Fsp3) is 0.529. The van der Waals surface area contributed by atoms with Gasteiger partial charge in [0.2, 0.25) is 0 Å². The molecule has 138 valence electrons. The van der Waals surface area contributed by atoms with Crippen LogP contribution >= 0.6 is 24.0 Å². The minimum absolute atomic E-state index is 0.720. The van der Waals surface area contributed by atoms with E-state index >= 15 is 0 Å². The first kappa shape index (κ1) is 19.8. The second kappa shape index (κ2) is 11.2. The van der Waals surface area contributed by atoms with Crippen molar-refractivity contribution < 1.29 is 4.42 Å². The zero-order chi connectivity index (χ0) is 17.9. The number of nitrogens with one attached hydrogen (secondary N) is 2. The Bertz CT molecular complexity index is 612. The number of nitrogens with zero attached hydrogens (tertiary/aromatic N) is 3. The van der Waals surface area contributed by atoms with Crippen LogP contribution in [-0.4, -0.2) is 52.5 Å². The lowest BCUT2D eigenvalue weighted by Gasteiger charge is -2.10. The SMILES string of the molecule is CN(C)Cc1ccc(CSCCNC(=S)NCCCn2ccnc2)o1. The van der Waals surface area contributed by atoms with Gasteiger partial charge in [-0.2, -0.15) is 11.8 Å². The molecule has 0 radical (unpaired) electrons. The summed E-state index contributed by atoms with van der Waals surface area (Å²) in [5.41, 5.74) is 0. The van der Waals surface area contributed by atoms with Gasteiger partial charge >= 0.3 is 0 Å². The standard InChI is InChI=1S/C17H27N5OS2/c1-21(2)12-15-4-5-16(23-15)13-25-11-8-20-17(24)19-6-3-9-22-10-7-18-14-22/h4-5,7,10,14H,3,6,8-9,11-13H2,1-2H3,(H2,19,20,24). The summed E-state index contributed by atoms with van der Waals surface area (Å²) in [5, 5.41) is 7.19. The molecule has 0 aliphatic heterocycles. The van der Waals surface area contributed by atoms with Crippen LogP contribution in [0, 0.1) is 0 Å². The summed E-state index contributed by atoms with van der Waals surface area (Å²) < 4.78 is 7.85. The number of aromatic nitrogens is 2. The second-order valence-corrected chi connectivity index (χ2v) is 7.51. The lowest BCUT2D eigenvalue weighted by atomic mass is 10.4. The van der Waals surface area contributed by atoms with Gasteiger partial charge in [0.05, 0.1) is 18.6 Å². The molecule has 2 rings (SSSR count). The van der Waals surface area contributed by atoms with Gasteiger partial charge in [-0.05, 0) is 44.9 Å². The Balaban J connectivity index is 1.46. The molecule has 0 amide bonds. The maximum Gasteiger partial charge on any atom is 0.166 e. The minimum atomic E-state index is 0.720. The zero-order valence-electron chi connectivity index (χ0n) is 14.9. The topological polar surface area (TPSA) is 58.3 Å². The molecule has 0 aliphatic carbocycles. The first-order chi connectivity index (χ1) is 12.1. The van der Waals surface area contributed by atoms with Crippen LogP contribution in [0.15, 0.2) is 35.3 Å². The van der Waals surface area contributed by atoms with Gasteiger partial charge in [0.15, 0.2) is 5.11 Å². The smallest absolute Gasteiger partial charge is 0.166 e. The molecule has 25 heavy (non-hydrogen) atoms. The fourth-order valence-corrected chi connectivity index (χ4v) is 3.20. The molecule has 2 N–H and O–H groups in total. The normalized spacial score (nSPS) is 11.0. The first-order valence-electron chi connectivity index (χ1n) is 8.41. The van der Waals surface area contributed by atoms with E-state index in [0.29, 0.717) is 0 Å². The number of furan rings is 1. The predicted octanol–water partition coefficient (Wildman–Crippen LogP) is 2.33. The van der Waals surface area contributed by atoms with Crippen molar-refractivity contribution in [3.8, 4) is 0 Å². The van der Waals surface area contributed by atoms with Crippen LogP contribution in [-0.2, 0) is 18.8 Å². The Morgan fingerprint density at radius 2 is 2.08 bits per heavy atom. The Labute approximate surface area is 159 Å². The Kier molecular flexibility index (Phi) is 8.85. The van der Waals surface area contributed by atoms with Crippen molar-refractivity contribution in [1.29, 1.82) is 0 Å². The molecule has 2 aromatic heterocycles. The quantitative estimate of drug-likeness (QED) is 0.458. The summed E-state index contributed by atoms with van der Waals surface area (Å²) in [6.07, 6.45) is 6.61. The van der Waals surface area contributed by atoms with Crippen LogP contribution in [0.25, 0.3) is 0 Å². The Hall–Kier alpha value is -1.51. The van der Waals surface area contributed by atoms with Crippen LogP contribution in [0.5, 0.6) is 0 Å². The summed E-state index contributed by atoms with van der Waals surface area (Å²) >= 11 is 7.12. The lowest BCUT2D eigenvalue weighted by molar-refractivity contribution is 0.344. The average Bonchev–Trinajstić information content (AvgIpc) is 3.23. The molecule has 0 aliphatic rings. The number of thioether (sulfide) groups is 1. The number of aryl methyl sites for hydroxylation is 1. The van der Waals surface area contributed by atoms with Crippen molar-refractivity contribution in [3.05, 3.63) is 42.4 Å². The Morgan fingerprint density at radius 3 is 2.84 bits per heavy atom. The van der Waals surface area contributed by atoms with Gasteiger partial charge < -0.3 is 24.5 Å². The summed E-state index contributed by atoms with van der Waals surface area (Å²) in [6, 6.07) is 4.11. The minimum Gasteiger partial charge on any atom is -0.464 e. The molecule has 0 spiro atoms. The maximum absolute atomic E-state index is 5.79. The van der Waals surface area contributed by atoms with E-state index in [1.54, 1.807) is 6.20 Å². The zero-order valence-corrected chi connectivity index (χ0v) is 16.5. The number of hydrogen-bond acceptors (Lipinski definition) is 5. The molecular weight excluding hydrogens is 354 g/mol. The van der Waals surface area contributed by atoms with E-state index in [1.165, 1.54) is 0 Å². The lowest BCUT2D eigenvalue weighted by Crippen LogP contribution is -2.37. The van der Waals surface area contributed by atoms with Crippen molar-refractivity contribution in [2.24, 2.45) is 0 Å². The molecule has 0 aromatic carbocycles. The monoisotopic (exact) mass is 381 g/mol. The number of rotatable bonds is 11. The van der Waals surface area contributed by atoms with Gasteiger partial charge in [-0.15, -0.1) is 0 Å². The molecule has 2 aromatic rings. The van der Waals surface area contributed by atoms with Gasteiger partial charge in [-0.3, -0.25) is 0 Å². The molecule has 0 atom stereocenters. The van der Waals surface area contributed by atoms with Crippen LogP contribution < -0.4 is 10.6 Å². The van der Waals surface area contributed by atoms with E-state index in [1.807, 2.05) is 38.4 Å². The number of imidazole rings is 1. The fourth-order valence-electron chi connectivity index (χ4n) is 2.25. The molecule has 0 saturated heterocycles. The van der Waals surface area contributed by atoms with E-state index in [4.69, 9.17) is 16.6 Å². The van der Waals surface area contributed by atoms with Crippen molar-refractivity contribution >= 4 is 29.1 Å². The Morgan fingerprint density at radius 1 is 1.28 bits per heavy atom. The highest BCUT2D eigenvalue weighted by atomic mass is 32.2. The van der Waals surface area contributed by atoms with E-state index < -0.39 is 0 Å². The van der Waals surface area contributed by atoms with E-state index in [0.717, 1.165) is 60.7 Å². The highest BCUT2D eigenvalue weighted by Crippen LogP contribution is 2.15. The van der Waals surface area contributed by atoms with Crippen LogP contribution in [0.1, 0.15) is 17.9 Å². The van der Waals surface area contributed by atoms with Crippen LogP contribution in [0.3, 0.4) is 0 Å². The summed E-state index contributed by atoms with van der Waals surface area (Å²) in [7, 11) is 4.08. The third-order valence-electron chi connectivity index (χ3n) is 3.40. The van der Waals surface area contributed by atoms with Gasteiger partial charge in [-0.25, -0.2) is 4.98 Å². The molecule has 0 bridgehead atoms. The summed E-state index contributed by atoms with van der Waals surface area (Å²) in [6.45, 7) is 3.50. The van der Waals surface area contributed by atoms with Crippen LogP contribution in [0.2, 0.25) is 0 Å². The summed E-state index contributed by atoms with van der Waals surface area (Å²) in [5.74, 6) is 3.92. The first-order valence-corrected chi connectivity index (χ1v) is 9.97. The van der Waals surface area contributed by atoms with Gasteiger partial charge in [0.1, 0.15) is 11.5 Å². The highest BCUT2D eigenvalue weighted by Gasteiger charge is 2.03. The van der Waals surface area contributed by atoms with Gasteiger partial charge in [-0.1, -0.05) is 0 Å². The van der Waals surface area contributed by atoms with E-state index in [9.17, 15) is 0 Å². The second-order valence-electron chi connectivity index (χ2n) is 6.00. The van der Waals surface area contributed by atoms with Crippen molar-refractivity contribution in [2.45, 2.75) is 25.3 Å². The molecule has 2 heterocycles. The maximum atomic E-state index is 5.79. The van der Waals surface area contributed by atoms with Crippen LogP contribution in [0.4, 0.5) is 0 Å². The largest absolute Gasteiger partial charge is 0.464 e. The molecule has 0 fully saturated rings. The molecule has 8 heteroatoms. The molecule has 0 unspecified atom stereocenters. The average molecular weight is 382 g/mol. The molecular formula is C17H27N5OS2. The van der Waals surface area contributed by atoms with Crippen molar-refractivity contribution in [2.75, 3.05) is 32.9 Å². The van der Waals surface area contributed by atoms with Crippen molar-refractivity contribution in [3.63, 3.8) is 0 Å². The number of hydrogen-bond donors (Lipinski definition) is 2. The van der Waals surface area contributed by atoms with Gasteiger partial charge in [0.25, 0.3) is 0 Å². The predicted molar refractivity (Wildman–Crippen MR) is 108 cm³/mol. The van der Waals surface area contributed by atoms with E-state index in [2.05, 4.69) is 37.2 Å². The van der Waals surface area contributed by atoms with Crippen molar-refractivity contribution in [1.82, 2.24) is 25.1 Å². The van der Waals surface area contributed by atoms with E-state index in [-0.39, 0.29) is 0 Å².